The fraction of sp³-hybridized carbons (Fsp3) is 0.846. The van der Waals surface area contributed by atoms with Gasteiger partial charge in [0.1, 0.15) is 0 Å². The number of nitrogens with one attached hydrogen (secondary N) is 1. The number of sulfonamides is 1. The second kappa shape index (κ2) is 6.98. The number of halogens is 3. The van der Waals surface area contributed by atoms with Gasteiger partial charge >= 0.3 is 18.2 Å². The molecule has 2 N–H and O–H groups in total. The molecule has 0 aromatic heterocycles. The molecule has 1 unspecified atom stereocenters. The maximum atomic E-state index is 13.0. The van der Waals surface area contributed by atoms with Crippen LogP contribution in [0.3, 0.4) is 0 Å². The van der Waals surface area contributed by atoms with Crippen molar-refractivity contribution < 1.29 is 36.3 Å². The van der Waals surface area contributed by atoms with Gasteiger partial charge in [-0.05, 0) is 12.8 Å². The van der Waals surface area contributed by atoms with E-state index < -0.39 is 59.2 Å². The molecule has 2 aliphatic heterocycles. The number of piperidine rings is 1. The summed E-state index contributed by atoms with van der Waals surface area (Å²) in [5.74, 6) is -5.42. The molecule has 3 atom stereocenters. The van der Waals surface area contributed by atoms with Gasteiger partial charge in [-0.25, -0.2) is 17.5 Å². The Morgan fingerprint density at radius 3 is 2.32 bits per heavy atom. The van der Waals surface area contributed by atoms with Crippen molar-refractivity contribution >= 4 is 22.0 Å². The second-order valence-corrected chi connectivity index (χ2v) is 8.39. The van der Waals surface area contributed by atoms with Crippen LogP contribution < -0.4 is 5.32 Å². The minimum atomic E-state index is -4.71. The zero-order valence-corrected chi connectivity index (χ0v) is 14.3. The van der Waals surface area contributed by atoms with Gasteiger partial charge in [0.15, 0.2) is 0 Å². The summed E-state index contributed by atoms with van der Waals surface area (Å²) in [5.41, 5.74) is 0. The molecule has 144 valence electrons. The minimum Gasteiger partial charge on any atom is -0.481 e. The Kier molecular flexibility index (Phi) is 5.52. The summed E-state index contributed by atoms with van der Waals surface area (Å²) in [6, 6.07) is -1.33. The van der Waals surface area contributed by atoms with E-state index in [0.717, 1.165) is 11.2 Å². The highest BCUT2D eigenvalue weighted by atomic mass is 32.2. The first kappa shape index (κ1) is 19.8. The van der Waals surface area contributed by atoms with Crippen LogP contribution in [0.1, 0.15) is 12.8 Å². The number of amides is 2. The average Bonchev–Trinajstić information content (AvgIpc) is 2.92. The molecule has 0 aromatic rings. The van der Waals surface area contributed by atoms with Crippen LogP contribution in [0.4, 0.5) is 18.0 Å². The van der Waals surface area contributed by atoms with E-state index in [1.54, 1.807) is 0 Å². The number of likely N-dealkylation sites (tertiary alicyclic amines) is 1. The molecule has 0 radical (unpaired) electrons. The topological polar surface area (TPSA) is 107 Å². The highest BCUT2D eigenvalue weighted by Gasteiger charge is 2.53. The van der Waals surface area contributed by atoms with Crippen molar-refractivity contribution in [1.29, 1.82) is 0 Å². The number of alkyl halides is 3. The summed E-state index contributed by atoms with van der Waals surface area (Å²) in [7, 11) is -3.42. The van der Waals surface area contributed by atoms with Crippen molar-refractivity contribution in [3.8, 4) is 0 Å². The van der Waals surface area contributed by atoms with Crippen LogP contribution in [0.15, 0.2) is 0 Å². The Labute approximate surface area is 143 Å². The van der Waals surface area contributed by atoms with E-state index in [-0.39, 0.29) is 6.54 Å². The lowest BCUT2D eigenvalue weighted by Gasteiger charge is -2.32. The zero-order valence-electron chi connectivity index (χ0n) is 13.5. The predicted molar refractivity (Wildman–Crippen MR) is 80.2 cm³/mol. The molecule has 2 heterocycles. The van der Waals surface area contributed by atoms with Crippen molar-refractivity contribution in [3.63, 3.8) is 0 Å². The van der Waals surface area contributed by atoms with E-state index in [4.69, 9.17) is 5.11 Å². The Bertz CT molecular complexity index is 639. The van der Waals surface area contributed by atoms with Gasteiger partial charge in [-0.15, -0.1) is 0 Å². The Balaban J connectivity index is 2.00. The molecule has 25 heavy (non-hydrogen) atoms. The minimum absolute atomic E-state index is 0.0451. The number of rotatable bonds is 3. The van der Waals surface area contributed by atoms with Gasteiger partial charge in [-0.2, -0.15) is 13.2 Å². The van der Waals surface area contributed by atoms with Crippen molar-refractivity contribution in [1.82, 2.24) is 14.5 Å². The van der Waals surface area contributed by atoms with Gasteiger partial charge in [0.05, 0.1) is 18.1 Å². The van der Waals surface area contributed by atoms with E-state index in [2.05, 4.69) is 5.32 Å². The first-order valence-electron chi connectivity index (χ1n) is 7.69. The molecule has 0 aromatic carbocycles. The monoisotopic (exact) mass is 387 g/mol. The number of urea groups is 1. The van der Waals surface area contributed by atoms with Gasteiger partial charge in [0.25, 0.3) is 0 Å². The summed E-state index contributed by atoms with van der Waals surface area (Å²) < 4.78 is 63.2. The van der Waals surface area contributed by atoms with E-state index in [1.165, 1.54) is 4.31 Å². The van der Waals surface area contributed by atoms with Crippen molar-refractivity contribution in [2.24, 2.45) is 11.8 Å². The molecule has 2 aliphatic rings. The van der Waals surface area contributed by atoms with Crippen LogP contribution in [-0.2, 0) is 14.8 Å². The third kappa shape index (κ3) is 4.75. The van der Waals surface area contributed by atoms with Crippen molar-refractivity contribution in [3.05, 3.63) is 0 Å². The molecule has 0 aliphatic carbocycles. The molecular formula is C13H20F3N3O5S. The van der Waals surface area contributed by atoms with Gasteiger partial charge in [-0.3, -0.25) is 4.79 Å². The van der Waals surface area contributed by atoms with Gasteiger partial charge in [0, 0.05) is 32.2 Å². The van der Waals surface area contributed by atoms with Crippen LogP contribution in [0, 0.1) is 11.8 Å². The Hall–Kier alpha value is -1.56. The molecule has 12 heteroatoms. The maximum absolute atomic E-state index is 13.0. The lowest BCUT2D eigenvalue weighted by Crippen LogP contribution is -2.52. The van der Waals surface area contributed by atoms with E-state index in [9.17, 15) is 31.2 Å². The highest BCUT2D eigenvalue weighted by Crippen LogP contribution is 2.37. The smallest absolute Gasteiger partial charge is 0.394 e. The number of nitrogens with zero attached hydrogens (tertiary/aromatic N) is 2. The average molecular weight is 387 g/mol. The number of carboxylic acid groups (broad SMARTS) is 1. The van der Waals surface area contributed by atoms with Gasteiger partial charge in [-0.1, -0.05) is 0 Å². The van der Waals surface area contributed by atoms with Gasteiger partial charge < -0.3 is 15.3 Å². The lowest BCUT2D eigenvalue weighted by atomic mass is 9.96. The normalized spacial score (nSPS) is 28.8. The number of carboxylic acids is 1. The van der Waals surface area contributed by atoms with E-state index >= 15 is 0 Å². The number of aliphatic carboxylic acids is 1. The fourth-order valence-electron chi connectivity index (χ4n) is 3.18. The predicted octanol–water partition coefficient (Wildman–Crippen LogP) is 0.315. The number of hydrogen-bond donors (Lipinski definition) is 2. The zero-order chi connectivity index (χ0) is 19.0. The van der Waals surface area contributed by atoms with E-state index in [0.29, 0.717) is 19.4 Å². The first-order chi connectivity index (χ1) is 11.4. The third-order valence-corrected chi connectivity index (χ3v) is 5.80. The molecule has 2 amide bonds. The van der Waals surface area contributed by atoms with Crippen LogP contribution in [0.25, 0.3) is 0 Å². The van der Waals surface area contributed by atoms with E-state index in [1.807, 2.05) is 0 Å². The summed E-state index contributed by atoms with van der Waals surface area (Å²) in [6.45, 7) is -0.891. The number of hydrogen-bond acceptors (Lipinski definition) is 4. The largest absolute Gasteiger partial charge is 0.481 e. The maximum Gasteiger partial charge on any atom is 0.394 e. The molecule has 2 saturated heterocycles. The first-order valence-corrected chi connectivity index (χ1v) is 9.54. The summed E-state index contributed by atoms with van der Waals surface area (Å²) >= 11 is 0. The summed E-state index contributed by atoms with van der Waals surface area (Å²) in [5, 5.41) is 11.5. The number of carbonyl (C=O) groups is 2. The molecule has 8 nitrogen and oxygen atoms in total. The SMILES string of the molecule is CS(=O)(=O)N1CCCC(NC(=O)N2C[C@@H](C(F)(F)F)[C@H](C(=O)O)C2)C1. The molecule has 2 fully saturated rings. The molecular weight excluding hydrogens is 367 g/mol. The quantitative estimate of drug-likeness (QED) is 0.725. The molecule has 2 rings (SSSR count). The molecule has 0 saturated carbocycles. The fourth-order valence-corrected chi connectivity index (χ4v) is 4.09. The summed E-state index contributed by atoms with van der Waals surface area (Å²) in [6.07, 6.45) is -2.66. The standard InChI is InChI=1S/C13H20F3N3O5S/c1-25(23,24)19-4-2-3-8(5-19)17-12(22)18-6-9(11(20)21)10(7-18)13(14,15)16/h8-10H,2-7H2,1H3,(H,17,22)(H,20,21)/t8?,9-,10-/m1/s1. The summed E-state index contributed by atoms with van der Waals surface area (Å²) in [4.78, 5) is 24.1. The highest BCUT2D eigenvalue weighted by molar-refractivity contribution is 7.88. The number of carbonyl (C=O) groups excluding carboxylic acids is 1. The molecule has 0 bridgehead atoms. The van der Waals surface area contributed by atoms with Crippen LogP contribution in [0.2, 0.25) is 0 Å². The van der Waals surface area contributed by atoms with Crippen LogP contribution in [-0.4, -0.2) is 79.4 Å². The Morgan fingerprint density at radius 1 is 1.20 bits per heavy atom. The molecule has 0 spiro atoms. The van der Waals surface area contributed by atoms with Gasteiger partial charge in [0.2, 0.25) is 10.0 Å². The Morgan fingerprint density at radius 2 is 1.84 bits per heavy atom. The van der Waals surface area contributed by atoms with Crippen molar-refractivity contribution in [2.45, 2.75) is 25.1 Å². The van der Waals surface area contributed by atoms with Crippen LogP contribution >= 0.6 is 0 Å². The van der Waals surface area contributed by atoms with Crippen LogP contribution in [0.5, 0.6) is 0 Å². The second-order valence-electron chi connectivity index (χ2n) is 6.41. The lowest BCUT2D eigenvalue weighted by molar-refractivity contribution is -0.187. The van der Waals surface area contributed by atoms with Crippen molar-refractivity contribution in [2.75, 3.05) is 32.4 Å². The third-order valence-electron chi connectivity index (χ3n) is 4.53.